The maximum Gasteiger partial charge on any atom is 0.306 e. The van der Waals surface area contributed by atoms with Crippen molar-refractivity contribution < 1.29 is 23.1 Å². The number of anilines is 2. The lowest BCUT2D eigenvalue weighted by Crippen LogP contribution is -2.49. The average Bonchev–Trinajstić information content (AvgIpc) is 2.89. The molecule has 4 rings (SSSR count). The summed E-state index contributed by atoms with van der Waals surface area (Å²) in [6.45, 7) is 2.81. The van der Waals surface area contributed by atoms with Gasteiger partial charge in [0.2, 0.25) is 16.0 Å². The van der Waals surface area contributed by atoms with E-state index in [0.717, 1.165) is 5.69 Å². The monoisotopic (exact) mass is 510 g/mol. The summed E-state index contributed by atoms with van der Waals surface area (Å²) in [7, 11) is -4.04. The van der Waals surface area contributed by atoms with E-state index in [9.17, 15) is 23.1 Å². The topological polar surface area (TPSA) is 145 Å². The summed E-state index contributed by atoms with van der Waals surface area (Å²) in [4.78, 5) is 37.0. The molecule has 188 valence electrons. The van der Waals surface area contributed by atoms with E-state index in [2.05, 4.69) is 29.8 Å². The summed E-state index contributed by atoms with van der Waals surface area (Å²) in [5.41, 5.74) is 1.12. The van der Waals surface area contributed by atoms with Gasteiger partial charge in [-0.05, 0) is 36.4 Å². The Kier molecular flexibility index (Phi) is 7.76. The van der Waals surface area contributed by atoms with Crippen LogP contribution in [0.15, 0.2) is 78.0 Å². The maximum absolute atomic E-state index is 12.9. The van der Waals surface area contributed by atoms with Gasteiger partial charge in [-0.15, -0.1) is 0 Å². The minimum Gasteiger partial charge on any atom is -0.481 e. The van der Waals surface area contributed by atoms with Gasteiger partial charge in [-0.1, -0.05) is 24.3 Å². The number of carboxylic acid groups (broad SMARTS) is 1. The molecule has 36 heavy (non-hydrogen) atoms. The van der Waals surface area contributed by atoms with E-state index in [1.54, 1.807) is 54.9 Å². The van der Waals surface area contributed by atoms with Crippen molar-refractivity contribution in [3.05, 3.63) is 78.6 Å². The molecule has 1 saturated heterocycles. The Balaban J connectivity index is 1.43. The second-order valence-electron chi connectivity index (χ2n) is 8.13. The van der Waals surface area contributed by atoms with Gasteiger partial charge in [0.25, 0.3) is 5.91 Å². The van der Waals surface area contributed by atoms with Gasteiger partial charge in [-0.2, -0.15) is 4.72 Å². The van der Waals surface area contributed by atoms with Crippen LogP contribution in [0.25, 0.3) is 0 Å². The second-order valence-corrected chi connectivity index (χ2v) is 9.85. The molecule has 3 aromatic rings. The van der Waals surface area contributed by atoms with E-state index in [1.807, 2.05) is 6.07 Å². The molecule has 11 nitrogen and oxygen atoms in total. The van der Waals surface area contributed by atoms with Crippen LogP contribution >= 0.6 is 0 Å². The molecule has 12 heteroatoms. The molecule has 1 atom stereocenters. The van der Waals surface area contributed by atoms with Gasteiger partial charge in [0.05, 0.1) is 11.3 Å². The van der Waals surface area contributed by atoms with Crippen molar-refractivity contribution in [2.24, 2.45) is 0 Å². The van der Waals surface area contributed by atoms with Crippen molar-refractivity contribution in [1.29, 1.82) is 0 Å². The van der Waals surface area contributed by atoms with Gasteiger partial charge < -0.3 is 20.2 Å². The number of piperazine rings is 1. The zero-order valence-electron chi connectivity index (χ0n) is 19.3. The lowest BCUT2D eigenvalue weighted by Gasteiger charge is -2.36. The van der Waals surface area contributed by atoms with Gasteiger partial charge in [0, 0.05) is 49.8 Å². The molecule has 0 spiro atoms. The van der Waals surface area contributed by atoms with E-state index >= 15 is 0 Å². The first-order valence-corrected chi connectivity index (χ1v) is 12.8. The minimum atomic E-state index is -4.04. The van der Waals surface area contributed by atoms with Crippen LogP contribution in [0.2, 0.25) is 0 Å². The van der Waals surface area contributed by atoms with Crippen LogP contribution in [-0.2, 0) is 14.8 Å². The molecule has 3 N–H and O–H groups in total. The maximum atomic E-state index is 12.9. The predicted molar refractivity (Wildman–Crippen MR) is 133 cm³/mol. The molecule has 1 aromatic heterocycles. The van der Waals surface area contributed by atoms with Crippen LogP contribution in [0.4, 0.5) is 11.6 Å². The van der Waals surface area contributed by atoms with Crippen LogP contribution in [0, 0.1) is 0 Å². The molecule has 1 aliphatic rings. The third kappa shape index (κ3) is 6.34. The van der Waals surface area contributed by atoms with Crippen LogP contribution in [0.3, 0.4) is 0 Å². The molecule has 0 saturated carbocycles. The first-order chi connectivity index (χ1) is 17.3. The largest absolute Gasteiger partial charge is 0.481 e. The van der Waals surface area contributed by atoms with Crippen LogP contribution in [0.1, 0.15) is 16.8 Å². The fourth-order valence-electron chi connectivity index (χ4n) is 3.86. The third-order valence-electron chi connectivity index (χ3n) is 5.62. The molecular formula is C24H26N6O5S. The fourth-order valence-corrected chi connectivity index (χ4v) is 5.02. The summed E-state index contributed by atoms with van der Waals surface area (Å²) in [6.07, 6.45) is 1.45. The first-order valence-electron chi connectivity index (χ1n) is 11.3. The average molecular weight is 511 g/mol. The van der Waals surface area contributed by atoms with E-state index in [-0.39, 0.29) is 10.5 Å². The van der Waals surface area contributed by atoms with Gasteiger partial charge >= 0.3 is 5.97 Å². The van der Waals surface area contributed by atoms with Crippen LogP contribution in [0.5, 0.6) is 0 Å². The number of amides is 1. The number of nitrogens with one attached hydrogen (secondary N) is 2. The molecule has 2 heterocycles. The number of hydrogen-bond donors (Lipinski definition) is 3. The second kappa shape index (κ2) is 11.1. The molecule has 1 amide bonds. The number of carbonyl (C=O) groups excluding carboxylic acids is 1. The predicted octanol–water partition coefficient (Wildman–Crippen LogP) is 1.31. The van der Waals surface area contributed by atoms with Crippen molar-refractivity contribution in [1.82, 2.24) is 20.0 Å². The third-order valence-corrected chi connectivity index (χ3v) is 7.11. The lowest BCUT2D eigenvalue weighted by molar-refractivity contribution is -0.137. The molecule has 0 radical (unpaired) electrons. The van der Waals surface area contributed by atoms with Crippen LogP contribution in [-0.4, -0.2) is 67.7 Å². The normalized spacial score (nSPS) is 14.8. The number of carbonyl (C=O) groups is 2. The van der Waals surface area contributed by atoms with Crippen molar-refractivity contribution in [2.75, 3.05) is 36.0 Å². The van der Waals surface area contributed by atoms with Gasteiger partial charge in [-0.3, -0.25) is 9.59 Å². The zero-order valence-corrected chi connectivity index (χ0v) is 20.1. The number of aliphatic carboxylic acids is 1. The molecule has 0 aliphatic carbocycles. The Bertz CT molecular complexity index is 1300. The SMILES string of the molecule is O=C(O)CC(NC(=O)c1cccc(N2CCN(c3ncccn3)CC2)c1)NS(=O)(=O)c1ccccc1. The van der Waals surface area contributed by atoms with Gasteiger partial charge in [-0.25, -0.2) is 18.4 Å². The Labute approximate surface area is 208 Å². The Morgan fingerprint density at radius 3 is 2.25 bits per heavy atom. The molecule has 0 bridgehead atoms. The number of aromatic nitrogens is 2. The molecule has 1 unspecified atom stereocenters. The van der Waals surface area contributed by atoms with Crippen LogP contribution < -0.4 is 19.8 Å². The number of sulfonamides is 1. The number of carboxylic acids is 1. The summed E-state index contributed by atoms with van der Waals surface area (Å²) in [5.74, 6) is -1.17. The zero-order chi connectivity index (χ0) is 25.5. The number of hydrogen-bond acceptors (Lipinski definition) is 8. The van der Waals surface area contributed by atoms with E-state index in [1.165, 1.54) is 12.1 Å². The standard InChI is InChI=1S/C24H26N6O5S/c31-22(32)17-21(28-36(34,35)20-8-2-1-3-9-20)27-23(33)18-6-4-7-19(16-18)29-12-14-30(15-13-29)24-25-10-5-11-26-24/h1-11,16,21,28H,12-15,17H2,(H,27,33)(H,31,32). The van der Waals surface area contributed by atoms with E-state index in [0.29, 0.717) is 32.1 Å². The van der Waals surface area contributed by atoms with Gasteiger partial charge in [0.15, 0.2) is 0 Å². The summed E-state index contributed by atoms with van der Waals surface area (Å²) < 4.78 is 27.6. The molecular weight excluding hydrogens is 484 g/mol. The Morgan fingerprint density at radius 2 is 1.58 bits per heavy atom. The highest BCUT2D eigenvalue weighted by atomic mass is 32.2. The molecule has 1 fully saturated rings. The highest BCUT2D eigenvalue weighted by Crippen LogP contribution is 2.20. The Hall–Kier alpha value is -4.03. The van der Waals surface area contributed by atoms with E-state index in [4.69, 9.17) is 0 Å². The summed E-state index contributed by atoms with van der Waals surface area (Å²) >= 11 is 0. The van der Waals surface area contributed by atoms with Crippen molar-refractivity contribution in [2.45, 2.75) is 17.5 Å². The highest BCUT2D eigenvalue weighted by Gasteiger charge is 2.25. The summed E-state index contributed by atoms with van der Waals surface area (Å²) in [6, 6.07) is 16.2. The quantitative estimate of drug-likeness (QED) is 0.363. The summed E-state index contributed by atoms with van der Waals surface area (Å²) in [5, 5.41) is 11.7. The van der Waals surface area contributed by atoms with Gasteiger partial charge in [0.1, 0.15) is 6.17 Å². The number of rotatable bonds is 9. The fraction of sp³-hybridized carbons (Fsp3) is 0.250. The van der Waals surface area contributed by atoms with Crippen molar-refractivity contribution >= 4 is 33.5 Å². The lowest BCUT2D eigenvalue weighted by atomic mass is 10.1. The highest BCUT2D eigenvalue weighted by molar-refractivity contribution is 7.89. The number of benzene rings is 2. The molecule has 2 aromatic carbocycles. The number of nitrogens with zero attached hydrogens (tertiary/aromatic N) is 4. The Morgan fingerprint density at radius 1 is 0.917 bits per heavy atom. The van der Waals surface area contributed by atoms with Crippen molar-refractivity contribution in [3.8, 4) is 0 Å². The smallest absolute Gasteiger partial charge is 0.306 e. The minimum absolute atomic E-state index is 0.0309. The van der Waals surface area contributed by atoms with E-state index < -0.39 is 34.5 Å². The van der Waals surface area contributed by atoms with Crippen molar-refractivity contribution in [3.63, 3.8) is 0 Å². The molecule has 1 aliphatic heterocycles. The first kappa shape index (κ1) is 25.1.